The summed E-state index contributed by atoms with van der Waals surface area (Å²) in [5, 5.41) is 14.5. The molecule has 7 nitrogen and oxygen atoms in total. The molecule has 3 heterocycles. The van der Waals surface area contributed by atoms with Gasteiger partial charge in [-0.15, -0.1) is 0 Å². The average molecular weight is 483 g/mol. The zero-order valence-corrected chi connectivity index (χ0v) is 20.2. The average Bonchev–Trinajstić information content (AvgIpc) is 3.53. The molecule has 0 bridgehead atoms. The minimum absolute atomic E-state index is 0.0819. The van der Waals surface area contributed by atoms with E-state index in [1.54, 1.807) is 16.8 Å². The van der Waals surface area contributed by atoms with Crippen molar-refractivity contribution < 1.29 is 4.79 Å². The lowest BCUT2D eigenvalue weighted by molar-refractivity contribution is -0.116. The van der Waals surface area contributed by atoms with Crippen molar-refractivity contribution >= 4 is 45.8 Å². The summed E-state index contributed by atoms with van der Waals surface area (Å²) in [4.78, 5) is 17.5. The monoisotopic (exact) mass is 482 g/mol. The molecule has 1 aliphatic carbocycles. The molecule has 3 aromatic heterocycles. The second-order valence-electron chi connectivity index (χ2n) is 8.60. The fourth-order valence-corrected chi connectivity index (χ4v) is 4.78. The Bertz CT molecular complexity index is 1390. The van der Waals surface area contributed by atoms with Crippen molar-refractivity contribution in [2.45, 2.75) is 52.6 Å². The number of carbonyl (C=O) groups excluding carboxylic acids is 1. The van der Waals surface area contributed by atoms with Gasteiger partial charge in [-0.2, -0.15) is 10.2 Å². The minimum atomic E-state index is -0.173. The van der Waals surface area contributed by atoms with Crippen LogP contribution < -0.4 is 5.32 Å². The number of rotatable bonds is 6. The molecule has 4 aromatic rings. The van der Waals surface area contributed by atoms with Crippen LogP contribution in [0.25, 0.3) is 11.0 Å². The van der Waals surface area contributed by atoms with Gasteiger partial charge in [0.05, 0.1) is 29.3 Å². The Morgan fingerprint density at radius 2 is 1.85 bits per heavy atom. The Morgan fingerprint density at radius 3 is 2.58 bits per heavy atom. The summed E-state index contributed by atoms with van der Waals surface area (Å²) < 4.78 is 3.52. The summed E-state index contributed by atoms with van der Waals surface area (Å²) in [6.45, 7) is 6.34. The van der Waals surface area contributed by atoms with Gasteiger partial charge in [-0.3, -0.25) is 9.48 Å². The van der Waals surface area contributed by atoms with E-state index in [9.17, 15) is 4.79 Å². The molecule has 1 N–H and O–H groups in total. The number of fused-ring (bicyclic) bond motifs is 1. The van der Waals surface area contributed by atoms with E-state index in [0.29, 0.717) is 28.2 Å². The molecule has 1 aromatic carbocycles. The molecule has 1 fully saturated rings. The number of hydrogen-bond acceptors (Lipinski definition) is 4. The van der Waals surface area contributed by atoms with Gasteiger partial charge >= 0.3 is 0 Å². The first kappa shape index (κ1) is 21.9. The topological polar surface area (TPSA) is 77.6 Å². The third kappa shape index (κ3) is 4.23. The summed E-state index contributed by atoms with van der Waals surface area (Å²) in [7, 11) is 0. The van der Waals surface area contributed by atoms with Crippen LogP contribution in [-0.2, 0) is 17.9 Å². The predicted octanol–water partition coefficient (Wildman–Crippen LogP) is 5.42. The molecular formula is C24H24Cl2N6O. The number of nitrogens with zero attached hydrogens (tertiary/aromatic N) is 5. The second kappa shape index (κ2) is 8.47. The smallest absolute Gasteiger partial charge is 0.246 e. The molecule has 1 amide bonds. The quantitative estimate of drug-likeness (QED) is 0.397. The predicted molar refractivity (Wildman–Crippen MR) is 130 cm³/mol. The highest BCUT2D eigenvalue weighted by atomic mass is 35.5. The van der Waals surface area contributed by atoms with Gasteiger partial charge in [0.15, 0.2) is 5.65 Å². The normalized spacial score (nSPS) is 13.6. The SMILES string of the molecule is Cc1nn(Cc2ccc(Cl)cc2Cl)c(C)c1NC(=O)Cn1nc(C)c2c(C3CC3)ccnc21. The highest BCUT2D eigenvalue weighted by Crippen LogP contribution is 2.43. The maximum Gasteiger partial charge on any atom is 0.246 e. The molecule has 0 saturated heterocycles. The van der Waals surface area contributed by atoms with E-state index in [1.165, 1.54) is 18.4 Å². The van der Waals surface area contributed by atoms with Crippen molar-refractivity contribution in [3.63, 3.8) is 0 Å². The van der Waals surface area contributed by atoms with E-state index in [4.69, 9.17) is 23.2 Å². The molecule has 0 unspecified atom stereocenters. The van der Waals surface area contributed by atoms with Crippen LogP contribution >= 0.6 is 23.2 Å². The number of benzene rings is 1. The highest BCUT2D eigenvalue weighted by molar-refractivity contribution is 6.35. The highest BCUT2D eigenvalue weighted by Gasteiger charge is 2.28. The lowest BCUT2D eigenvalue weighted by Crippen LogP contribution is -2.20. The van der Waals surface area contributed by atoms with Crippen molar-refractivity contribution in [3.8, 4) is 0 Å². The van der Waals surface area contributed by atoms with Crippen LogP contribution in [0.4, 0.5) is 5.69 Å². The Balaban J connectivity index is 1.36. The summed E-state index contributed by atoms with van der Waals surface area (Å²) in [6.07, 6.45) is 4.22. The number of hydrogen-bond donors (Lipinski definition) is 1. The first-order valence-corrected chi connectivity index (χ1v) is 11.7. The van der Waals surface area contributed by atoms with E-state index in [-0.39, 0.29) is 12.5 Å². The maximum atomic E-state index is 13.0. The Morgan fingerprint density at radius 1 is 1.09 bits per heavy atom. The third-order valence-electron chi connectivity index (χ3n) is 6.13. The summed E-state index contributed by atoms with van der Waals surface area (Å²) >= 11 is 12.3. The van der Waals surface area contributed by atoms with Crippen molar-refractivity contribution in [2.75, 3.05) is 5.32 Å². The Kier molecular flexibility index (Phi) is 5.62. The number of nitrogens with one attached hydrogen (secondary N) is 1. The van der Waals surface area contributed by atoms with Gasteiger partial charge in [0, 0.05) is 21.6 Å². The fraction of sp³-hybridized carbons (Fsp3) is 0.333. The molecule has 0 aliphatic heterocycles. The van der Waals surface area contributed by atoms with E-state index in [2.05, 4.69) is 26.6 Å². The number of aromatic nitrogens is 5. The molecule has 170 valence electrons. The van der Waals surface area contributed by atoms with Gasteiger partial charge < -0.3 is 5.32 Å². The van der Waals surface area contributed by atoms with Crippen LogP contribution in [0.3, 0.4) is 0 Å². The van der Waals surface area contributed by atoms with Gasteiger partial charge in [-0.05, 0) is 68.9 Å². The second-order valence-corrected chi connectivity index (χ2v) is 9.45. The molecular weight excluding hydrogens is 459 g/mol. The maximum absolute atomic E-state index is 13.0. The van der Waals surface area contributed by atoms with Crippen molar-refractivity contribution in [2.24, 2.45) is 0 Å². The zero-order valence-electron chi connectivity index (χ0n) is 18.7. The van der Waals surface area contributed by atoms with Crippen molar-refractivity contribution in [3.05, 3.63) is 68.7 Å². The number of anilines is 1. The third-order valence-corrected chi connectivity index (χ3v) is 6.72. The fourth-order valence-electron chi connectivity index (χ4n) is 4.31. The number of aryl methyl sites for hydroxylation is 2. The van der Waals surface area contributed by atoms with Crippen LogP contribution in [0.15, 0.2) is 30.5 Å². The first-order chi connectivity index (χ1) is 15.8. The lowest BCUT2D eigenvalue weighted by atomic mass is 10.1. The summed E-state index contributed by atoms with van der Waals surface area (Å²) in [6, 6.07) is 7.47. The summed E-state index contributed by atoms with van der Waals surface area (Å²) in [5.74, 6) is 0.416. The number of amides is 1. The largest absolute Gasteiger partial charge is 0.321 e. The van der Waals surface area contributed by atoms with Crippen LogP contribution in [0.1, 0.15) is 47.0 Å². The molecule has 0 atom stereocenters. The molecule has 1 aliphatic rings. The van der Waals surface area contributed by atoms with Crippen molar-refractivity contribution in [1.82, 2.24) is 24.5 Å². The molecule has 33 heavy (non-hydrogen) atoms. The van der Waals surface area contributed by atoms with E-state index < -0.39 is 0 Å². The van der Waals surface area contributed by atoms with Crippen molar-refractivity contribution in [1.29, 1.82) is 0 Å². The van der Waals surface area contributed by atoms with Gasteiger partial charge in [0.1, 0.15) is 6.54 Å². The van der Waals surface area contributed by atoms with Gasteiger partial charge in [0.25, 0.3) is 0 Å². The number of carbonyl (C=O) groups is 1. The van der Waals surface area contributed by atoms with Crippen LogP contribution in [-0.4, -0.2) is 30.5 Å². The summed E-state index contributed by atoms with van der Waals surface area (Å²) in [5.41, 5.74) is 6.15. The molecule has 0 radical (unpaired) electrons. The van der Waals surface area contributed by atoms with Gasteiger partial charge in [-0.1, -0.05) is 29.3 Å². The number of pyridine rings is 1. The van der Waals surface area contributed by atoms with Crippen LogP contribution in [0.5, 0.6) is 0 Å². The molecule has 1 saturated carbocycles. The minimum Gasteiger partial charge on any atom is -0.321 e. The molecule has 0 spiro atoms. The van der Waals surface area contributed by atoms with Crippen LogP contribution in [0.2, 0.25) is 10.0 Å². The van der Waals surface area contributed by atoms with E-state index in [0.717, 1.165) is 33.7 Å². The standard InChI is InChI=1S/C24H24Cl2N6O/c1-13-22-19(16-4-5-16)8-9-27-24(22)32(29-13)12-21(33)28-23-14(2)30-31(15(23)3)11-17-6-7-18(25)10-20(17)26/h6-10,16H,4-5,11-12H2,1-3H3,(H,28,33). The lowest BCUT2D eigenvalue weighted by Gasteiger charge is -2.09. The van der Waals surface area contributed by atoms with Gasteiger partial charge in [-0.25, -0.2) is 9.67 Å². The molecule has 5 rings (SSSR count). The molecule has 9 heteroatoms. The zero-order chi connectivity index (χ0) is 23.3. The van der Waals surface area contributed by atoms with E-state index in [1.807, 2.05) is 37.7 Å². The number of halogens is 2. The Hall–Kier alpha value is -2.90. The Labute approximate surface area is 201 Å². The van der Waals surface area contributed by atoms with E-state index >= 15 is 0 Å². The van der Waals surface area contributed by atoms with Crippen LogP contribution in [0, 0.1) is 20.8 Å². The van der Waals surface area contributed by atoms with Gasteiger partial charge in [0.2, 0.25) is 5.91 Å². The first-order valence-electron chi connectivity index (χ1n) is 10.9.